The summed E-state index contributed by atoms with van der Waals surface area (Å²) in [6.45, 7) is 11.4. The van der Waals surface area contributed by atoms with Crippen LogP contribution in [0.4, 0.5) is 28.8 Å². The number of rotatable bonds is 13. The minimum Gasteiger partial charge on any atom is -0.494 e. The molecule has 3 amide bonds. The van der Waals surface area contributed by atoms with Crippen molar-refractivity contribution in [3.8, 4) is 17.6 Å². The molecule has 5 aromatic rings. The monoisotopic (exact) mass is 999 g/mol. The molecule has 3 N–H and O–H groups in total. The summed E-state index contributed by atoms with van der Waals surface area (Å²) in [5.74, 6) is 7.44. The van der Waals surface area contributed by atoms with Crippen LogP contribution in [0.15, 0.2) is 71.5 Å². The summed E-state index contributed by atoms with van der Waals surface area (Å²) < 4.78 is 20.2. The van der Waals surface area contributed by atoms with E-state index in [1.807, 2.05) is 36.4 Å². The fourth-order valence-electron chi connectivity index (χ4n) is 10.4. The lowest BCUT2D eigenvalue weighted by Gasteiger charge is -2.47. The Hall–Kier alpha value is -5.81. The van der Waals surface area contributed by atoms with Gasteiger partial charge in [0.05, 0.1) is 34.7 Å². The Morgan fingerprint density at radius 2 is 1.72 bits per heavy atom. The average molecular weight is 1000 g/mol. The number of piperidine rings is 3. The molecule has 3 fully saturated rings. The molecule has 2 aromatic heterocycles. The topological polar surface area (TPSA) is 162 Å². The number of fused-ring (bicyclic) bond motifs is 2. The van der Waals surface area contributed by atoms with Crippen molar-refractivity contribution < 1.29 is 23.7 Å². The van der Waals surface area contributed by atoms with Crippen LogP contribution in [-0.4, -0.2) is 102 Å². The fraction of sp³-hybridized carbons (Fsp3) is 0.423. The third-order valence-corrected chi connectivity index (χ3v) is 16.4. The molecule has 0 aliphatic carbocycles. The van der Waals surface area contributed by atoms with Gasteiger partial charge in [-0.3, -0.25) is 24.7 Å². The Morgan fingerprint density at radius 1 is 0.941 bits per heavy atom. The van der Waals surface area contributed by atoms with Crippen molar-refractivity contribution >= 4 is 85.8 Å². The van der Waals surface area contributed by atoms with Crippen molar-refractivity contribution in [1.82, 2.24) is 30.1 Å². The van der Waals surface area contributed by atoms with Gasteiger partial charge in [-0.05, 0) is 141 Å². The van der Waals surface area contributed by atoms with E-state index in [1.54, 1.807) is 43.8 Å². The third-order valence-electron chi connectivity index (χ3n) is 14.2. The first kappa shape index (κ1) is 47.3. The molecule has 4 aliphatic rings. The highest BCUT2D eigenvalue weighted by Gasteiger charge is 2.40. The Bertz CT molecular complexity index is 2880. The van der Waals surface area contributed by atoms with E-state index in [4.69, 9.17) is 9.72 Å². The van der Waals surface area contributed by atoms with Crippen molar-refractivity contribution in [2.75, 3.05) is 68.7 Å². The third kappa shape index (κ3) is 10.0. The molecule has 1 atom stereocenters. The van der Waals surface area contributed by atoms with Gasteiger partial charge >= 0.3 is 0 Å². The van der Waals surface area contributed by atoms with E-state index in [9.17, 15) is 18.9 Å². The summed E-state index contributed by atoms with van der Waals surface area (Å²) in [5, 5.41) is 10.8. The maximum atomic E-state index is 13.6. The van der Waals surface area contributed by atoms with Gasteiger partial charge in [0.2, 0.25) is 17.8 Å². The van der Waals surface area contributed by atoms with Crippen molar-refractivity contribution in [2.24, 2.45) is 5.41 Å². The van der Waals surface area contributed by atoms with Crippen LogP contribution in [-0.2, 0) is 27.1 Å². The Balaban J connectivity index is 0.764. The first-order chi connectivity index (χ1) is 32.8. The summed E-state index contributed by atoms with van der Waals surface area (Å²) in [7, 11) is -1.02. The molecule has 6 heterocycles. The van der Waals surface area contributed by atoms with Crippen LogP contribution in [0.1, 0.15) is 91.8 Å². The van der Waals surface area contributed by atoms with E-state index >= 15 is 0 Å². The minimum absolute atomic E-state index is 0.171. The maximum Gasteiger partial charge on any atom is 0.255 e. The molecule has 3 aromatic carbocycles. The number of benzene rings is 3. The molecule has 68 heavy (non-hydrogen) atoms. The Morgan fingerprint density at radius 3 is 2.47 bits per heavy atom. The summed E-state index contributed by atoms with van der Waals surface area (Å²) in [6.07, 6.45) is 12.5. The van der Waals surface area contributed by atoms with Crippen LogP contribution in [0.25, 0.3) is 10.9 Å². The minimum atomic E-state index is -2.71. The molecular weight excluding hydrogens is 942 g/mol. The van der Waals surface area contributed by atoms with Gasteiger partial charge in [-0.25, -0.2) is 4.98 Å². The summed E-state index contributed by atoms with van der Waals surface area (Å²) in [4.78, 5) is 58.1. The number of para-hydroxylation sites is 1. The van der Waals surface area contributed by atoms with Crippen LogP contribution < -0.4 is 30.9 Å². The number of likely N-dealkylation sites (tertiary alicyclic amines) is 1. The van der Waals surface area contributed by atoms with E-state index in [1.165, 1.54) is 36.9 Å². The normalized spacial score (nSPS) is 18.3. The number of nitrogens with zero attached hydrogens (tertiary/aromatic N) is 6. The summed E-state index contributed by atoms with van der Waals surface area (Å²) in [5.41, 5.74) is 7.33. The second kappa shape index (κ2) is 20.0. The predicted octanol–water partition coefficient (Wildman–Crippen LogP) is 8.76. The number of amides is 3. The van der Waals surface area contributed by atoms with Crippen LogP contribution in [0.2, 0.25) is 0 Å². The number of aryl methyl sites for hydroxylation is 1. The van der Waals surface area contributed by atoms with Gasteiger partial charge in [0, 0.05) is 72.2 Å². The number of hydrogen-bond donors (Lipinski definition) is 3. The van der Waals surface area contributed by atoms with Gasteiger partial charge in [0.1, 0.15) is 24.8 Å². The molecule has 0 saturated carbocycles. The van der Waals surface area contributed by atoms with Gasteiger partial charge in [-0.1, -0.05) is 43.0 Å². The highest BCUT2D eigenvalue weighted by molar-refractivity contribution is 9.10. The van der Waals surface area contributed by atoms with Gasteiger partial charge in [-0.15, -0.1) is 0 Å². The number of aromatic nitrogens is 3. The number of unbranched alkanes of at least 4 members (excludes halogenated alkanes) is 2. The lowest BCUT2D eigenvalue weighted by atomic mass is 9.71. The SMILES string of the molecule is CCc1cc(Nc2ncc(Br)c(Nc3cnc4ccccc4c3P(C)(C)=O)n2)c(OC)cc1N1CCC2(CCN(CCCCC#Cc3cccc4c3CN(C3CCC(=O)NC3=O)C4=O)CC2)CC1. The molecule has 0 bridgehead atoms. The van der Waals surface area contributed by atoms with E-state index in [0.29, 0.717) is 45.9 Å². The molecule has 9 rings (SSSR count). The molecule has 1 spiro atoms. The number of pyridine rings is 1. The lowest BCUT2D eigenvalue weighted by Crippen LogP contribution is -2.52. The second-order valence-electron chi connectivity index (χ2n) is 18.9. The first-order valence-electron chi connectivity index (χ1n) is 23.8. The second-order valence-corrected chi connectivity index (χ2v) is 22.9. The number of carbonyl (C=O) groups excluding carboxylic acids is 3. The number of methoxy groups -OCH3 is 1. The molecular formula is C52H59BrN9O5P. The number of halogens is 1. The van der Waals surface area contributed by atoms with Crippen LogP contribution in [0.3, 0.4) is 0 Å². The molecule has 0 radical (unpaired) electrons. The first-order valence-corrected chi connectivity index (χ1v) is 27.2. The fourth-order valence-corrected chi connectivity index (χ4v) is 12.2. The molecule has 1 unspecified atom stereocenters. The Kier molecular flexibility index (Phi) is 13.9. The zero-order valence-electron chi connectivity index (χ0n) is 39.3. The Labute approximate surface area is 406 Å². The average Bonchev–Trinajstić information content (AvgIpc) is 3.67. The summed E-state index contributed by atoms with van der Waals surface area (Å²) >= 11 is 3.61. The van der Waals surface area contributed by atoms with Crippen molar-refractivity contribution in [3.05, 3.63) is 93.7 Å². The van der Waals surface area contributed by atoms with Crippen LogP contribution in [0.5, 0.6) is 5.75 Å². The largest absolute Gasteiger partial charge is 0.494 e. The number of ether oxygens (including phenoxy) is 1. The highest BCUT2D eigenvalue weighted by Crippen LogP contribution is 2.45. The van der Waals surface area contributed by atoms with Crippen molar-refractivity contribution in [3.63, 3.8) is 0 Å². The molecule has 14 nitrogen and oxygen atoms in total. The summed E-state index contributed by atoms with van der Waals surface area (Å²) in [6, 6.07) is 17.0. The van der Waals surface area contributed by atoms with Crippen molar-refractivity contribution in [1.29, 1.82) is 0 Å². The van der Waals surface area contributed by atoms with E-state index in [0.717, 1.165) is 97.2 Å². The van der Waals surface area contributed by atoms with Gasteiger partial charge < -0.3 is 34.6 Å². The highest BCUT2D eigenvalue weighted by atomic mass is 79.9. The molecule has 4 aliphatic heterocycles. The molecule has 354 valence electrons. The smallest absolute Gasteiger partial charge is 0.255 e. The number of nitrogens with one attached hydrogen (secondary N) is 3. The molecule has 16 heteroatoms. The zero-order valence-corrected chi connectivity index (χ0v) is 41.8. The lowest BCUT2D eigenvalue weighted by molar-refractivity contribution is -0.136. The number of imide groups is 1. The van der Waals surface area contributed by atoms with Crippen LogP contribution >= 0.6 is 23.1 Å². The van der Waals surface area contributed by atoms with E-state index < -0.39 is 19.1 Å². The zero-order chi connectivity index (χ0) is 47.6. The van der Waals surface area contributed by atoms with E-state index in [2.05, 4.69) is 82.5 Å². The number of hydrogen-bond acceptors (Lipinski definition) is 12. The maximum absolute atomic E-state index is 13.6. The van der Waals surface area contributed by atoms with Crippen LogP contribution in [0, 0.1) is 17.3 Å². The number of carbonyl (C=O) groups is 3. The standard InChI is InChI=1S/C52H59BrN9O5P/c1-5-34-29-41(57-51-55-31-39(53)48(59-51)56-42-32-54-40-17-10-9-15-37(40)47(42)68(3,4)66)45(67-2)30-44(34)61-27-22-52(23-28-61)20-25-60(26-21-52)24-11-7-6-8-13-35-14-12-16-36-38(35)33-62(50(36)65)43-18-19-46(63)58-49(43)64/h9-10,12,14-17,29-32,43H,5-7,11,18-28,33H2,1-4H3,(H,58,63,64)(H2,55,56,57,59). The predicted molar refractivity (Wildman–Crippen MR) is 272 cm³/mol. The van der Waals surface area contributed by atoms with E-state index in [-0.39, 0.29) is 18.2 Å². The van der Waals surface area contributed by atoms with Crippen molar-refractivity contribution in [2.45, 2.75) is 83.7 Å². The molecule has 3 saturated heterocycles. The quantitative estimate of drug-likeness (QED) is 0.0446. The number of anilines is 5. The van der Waals surface area contributed by atoms with Gasteiger partial charge in [-0.2, -0.15) is 4.98 Å². The van der Waals surface area contributed by atoms with Gasteiger partial charge in [0.15, 0.2) is 0 Å². The van der Waals surface area contributed by atoms with Gasteiger partial charge in [0.25, 0.3) is 5.91 Å².